The number of aromatic nitrogens is 2. The van der Waals surface area contributed by atoms with Crippen molar-refractivity contribution in [3.05, 3.63) is 69.2 Å². The van der Waals surface area contributed by atoms with Crippen LogP contribution in [0.2, 0.25) is 5.02 Å². The molecule has 6 heteroatoms. The molecule has 4 rings (SSSR count). The Hall–Kier alpha value is -2.66. The van der Waals surface area contributed by atoms with Crippen molar-refractivity contribution in [3.8, 4) is 5.69 Å². The summed E-state index contributed by atoms with van der Waals surface area (Å²) in [7, 11) is 0. The van der Waals surface area contributed by atoms with E-state index in [4.69, 9.17) is 16.6 Å². The van der Waals surface area contributed by atoms with E-state index in [1.807, 2.05) is 56.0 Å². The van der Waals surface area contributed by atoms with Gasteiger partial charge in [-0.2, -0.15) is 0 Å². The van der Waals surface area contributed by atoms with Crippen molar-refractivity contribution in [1.82, 2.24) is 14.5 Å². The van der Waals surface area contributed by atoms with E-state index in [2.05, 4.69) is 0 Å². The smallest absolute Gasteiger partial charge is 0.266 e. The average molecular weight is 466 g/mol. The van der Waals surface area contributed by atoms with Crippen LogP contribution in [0, 0.1) is 12.8 Å². The molecule has 1 heterocycles. The molecule has 174 valence electrons. The fraction of sp³-hybridized carbons (Fsp3) is 0.444. The molecule has 1 aliphatic carbocycles. The molecule has 1 aliphatic rings. The second-order valence-electron chi connectivity index (χ2n) is 9.10. The van der Waals surface area contributed by atoms with Gasteiger partial charge in [0, 0.05) is 18.0 Å². The number of hydrogen-bond donors (Lipinski definition) is 0. The Balaban J connectivity index is 1.77. The van der Waals surface area contributed by atoms with Gasteiger partial charge in [0.2, 0.25) is 5.91 Å². The summed E-state index contributed by atoms with van der Waals surface area (Å²) in [6.45, 7) is 6.45. The van der Waals surface area contributed by atoms with Crippen LogP contribution in [0.25, 0.3) is 16.6 Å². The molecule has 1 fully saturated rings. The quantitative estimate of drug-likeness (QED) is 0.415. The number of carbonyl (C=O) groups is 1. The molecular weight excluding hydrogens is 434 g/mol. The number of para-hydroxylation sites is 1. The molecule has 0 saturated heterocycles. The van der Waals surface area contributed by atoms with Gasteiger partial charge >= 0.3 is 0 Å². The van der Waals surface area contributed by atoms with Crippen molar-refractivity contribution in [2.24, 2.45) is 5.92 Å². The van der Waals surface area contributed by atoms with E-state index in [-0.39, 0.29) is 17.5 Å². The van der Waals surface area contributed by atoms with Gasteiger partial charge in [-0.15, -0.1) is 0 Å². The summed E-state index contributed by atoms with van der Waals surface area (Å²) in [6, 6.07) is 12.5. The summed E-state index contributed by atoms with van der Waals surface area (Å²) in [4.78, 5) is 33.7. The van der Waals surface area contributed by atoms with Crippen LogP contribution >= 0.6 is 11.6 Å². The first-order chi connectivity index (χ1) is 15.9. The van der Waals surface area contributed by atoms with E-state index >= 15 is 0 Å². The normalized spacial score (nSPS) is 15.2. The van der Waals surface area contributed by atoms with Crippen molar-refractivity contribution < 1.29 is 4.79 Å². The van der Waals surface area contributed by atoms with Crippen molar-refractivity contribution >= 4 is 28.4 Å². The number of nitrogens with zero attached hydrogens (tertiary/aromatic N) is 3. The van der Waals surface area contributed by atoms with Crippen LogP contribution in [-0.4, -0.2) is 26.9 Å². The van der Waals surface area contributed by atoms with Gasteiger partial charge in [-0.05, 0) is 69.0 Å². The fourth-order valence-corrected chi connectivity index (χ4v) is 5.34. The molecule has 5 nitrogen and oxygen atoms in total. The minimum atomic E-state index is -0.349. The lowest BCUT2D eigenvalue weighted by atomic mass is 10.0. The van der Waals surface area contributed by atoms with Gasteiger partial charge in [0.05, 0.1) is 22.6 Å². The lowest BCUT2D eigenvalue weighted by Crippen LogP contribution is -2.37. The summed E-state index contributed by atoms with van der Waals surface area (Å²) in [5.41, 5.74) is 2.12. The molecule has 3 aromatic rings. The lowest BCUT2D eigenvalue weighted by Gasteiger charge is -2.30. The summed E-state index contributed by atoms with van der Waals surface area (Å²) < 4.78 is 1.66. The molecule has 1 aromatic heterocycles. The zero-order chi connectivity index (χ0) is 23.5. The number of aryl methyl sites for hydroxylation is 1. The van der Waals surface area contributed by atoms with Gasteiger partial charge in [0.1, 0.15) is 5.82 Å². The zero-order valence-corrected chi connectivity index (χ0v) is 20.4. The largest absolute Gasteiger partial charge is 0.333 e. The number of benzene rings is 2. The van der Waals surface area contributed by atoms with E-state index in [1.165, 1.54) is 25.7 Å². The Morgan fingerprint density at radius 2 is 1.94 bits per heavy atom. The Morgan fingerprint density at radius 3 is 2.64 bits per heavy atom. The van der Waals surface area contributed by atoms with Crippen molar-refractivity contribution in [3.63, 3.8) is 0 Å². The van der Waals surface area contributed by atoms with Crippen LogP contribution in [0.4, 0.5) is 0 Å². The maximum absolute atomic E-state index is 13.7. The standard InChI is InChI=1S/C27H32ClN3O2/c1-4-30(25(32)16-13-20-9-5-6-10-20)19(3)26-29-23-12-8-7-11-22(23)27(33)31(26)24-15-14-21(28)17-18(24)2/h7-8,11-12,14-15,17,19-20H,4-6,9-10,13,16H2,1-3H3. The van der Waals surface area contributed by atoms with Gasteiger partial charge in [-0.25, -0.2) is 4.98 Å². The first-order valence-electron chi connectivity index (χ1n) is 12.0. The Morgan fingerprint density at radius 1 is 1.21 bits per heavy atom. The molecule has 0 radical (unpaired) electrons. The first kappa shape index (κ1) is 23.5. The summed E-state index contributed by atoms with van der Waals surface area (Å²) in [5.74, 6) is 1.36. The van der Waals surface area contributed by atoms with E-state index in [9.17, 15) is 9.59 Å². The molecule has 2 aromatic carbocycles. The number of halogens is 1. The van der Waals surface area contributed by atoms with Gasteiger partial charge in [0.15, 0.2) is 0 Å². The summed E-state index contributed by atoms with van der Waals surface area (Å²) >= 11 is 6.19. The van der Waals surface area contributed by atoms with E-state index in [0.29, 0.717) is 40.6 Å². The minimum absolute atomic E-state index is 0.124. The molecule has 0 N–H and O–H groups in total. The molecule has 1 unspecified atom stereocenters. The molecule has 0 bridgehead atoms. The molecule has 1 atom stereocenters. The second kappa shape index (κ2) is 10.1. The van der Waals surface area contributed by atoms with Crippen LogP contribution in [0.1, 0.15) is 69.8 Å². The van der Waals surface area contributed by atoms with Gasteiger partial charge in [-0.3, -0.25) is 14.2 Å². The highest BCUT2D eigenvalue weighted by Crippen LogP contribution is 2.30. The minimum Gasteiger partial charge on any atom is -0.333 e. The lowest BCUT2D eigenvalue weighted by molar-refractivity contribution is -0.133. The number of fused-ring (bicyclic) bond motifs is 1. The van der Waals surface area contributed by atoms with Gasteiger partial charge in [-0.1, -0.05) is 49.4 Å². The monoisotopic (exact) mass is 465 g/mol. The molecule has 1 amide bonds. The zero-order valence-electron chi connectivity index (χ0n) is 19.7. The third-order valence-electron chi connectivity index (χ3n) is 6.94. The SMILES string of the molecule is CCN(C(=O)CCC1CCCC1)C(C)c1nc2ccccc2c(=O)n1-c1ccc(Cl)cc1C. The Labute approximate surface area is 200 Å². The Bertz CT molecular complexity index is 1210. The van der Waals surface area contributed by atoms with Gasteiger partial charge in [0.25, 0.3) is 5.56 Å². The van der Waals surface area contributed by atoms with Crippen LogP contribution in [0.3, 0.4) is 0 Å². The number of amides is 1. The third kappa shape index (κ3) is 4.84. The molecular formula is C27H32ClN3O2. The fourth-order valence-electron chi connectivity index (χ4n) is 5.11. The molecule has 1 saturated carbocycles. The van der Waals surface area contributed by atoms with Crippen molar-refractivity contribution in [1.29, 1.82) is 0 Å². The highest BCUT2D eigenvalue weighted by atomic mass is 35.5. The highest BCUT2D eigenvalue weighted by Gasteiger charge is 2.27. The second-order valence-corrected chi connectivity index (χ2v) is 9.54. The van der Waals surface area contributed by atoms with E-state index in [1.54, 1.807) is 16.7 Å². The predicted octanol–water partition coefficient (Wildman–Crippen LogP) is 6.23. The number of hydrogen-bond acceptors (Lipinski definition) is 3. The first-order valence-corrected chi connectivity index (χ1v) is 12.4. The third-order valence-corrected chi connectivity index (χ3v) is 7.18. The van der Waals surface area contributed by atoms with E-state index in [0.717, 1.165) is 17.7 Å². The topological polar surface area (TPSA) is 55.2 Å². The molecule has 33 heavy (non-hydrogen) atoms. The van der Waals surface area contributed by atoms with Crippen LogP contribution in [0.5, 0.6) is 0 Å². The maximum atomic E-state index is 13.7. The van der Waals surface area contributed by atoms with Crippen LogP contribution < -0.4 is 5.56 Å². The van der Waals surface area contributed by atoms with Crippen molar-refractivity contribution in [2.45, 2.75) is 65.3 Å². The summed E-state index contributed by atoms with van der Waals surface area (Å²) in [5, 5.41) is 1.17. The van der Waals surface area contributed by atoms with Gasteiger partial charge < -0.3 is 4.90 Å². The van der Waals surface area contributed by atoms with Crippen LogP contribution in [-0.2, 0) is 4.79 Å². The van der Waals surface area contributed by atoms with E-state index < -0.39 is 0 Å². The average Bonchev–Trinajstić information content (AvgIpc) is 3.32. The predicted molar refractivity (Wildman–Crippen MR) is 134 cm³/mol. The highest BCUT2D eigenvalue weighted by molar-refractivity contribution is 6.30. The van der Waals surface area contributed by atoms with Crippen molar-refractivity contribution in [2.75, 3.05) is 6.54 Å². The summed E-state index contributed by atoms with van der Waals surface area (Å²) in [6.07, 6.45) is 6.51. The Kier molecular flexibility index (Phi) is 7.18. The number of carbonyl (C=O) groups excluding carboxylic acids is 1. The maximum Gasteiger partial charge on any atom is 0.266 e. The number of rotatable bonds is 7. The molecule has 0 aliphatic heterocycles. The molecule has 0 spiro atoms. The van der Waals surface area contributed by atoms with Crippen LogP contribution in [0.15, 0.2) is 47.3 Å².